The van der Waals surface area contributed by atoms with Gasteiger partial charge in [0.1, 0.15) is 5.75 Å². The van der Waals surface area contributed by atoms with E-state index in [4.69, 9.17) is 27.9 Å². The molecule has 24 heavy (non-hydrogen) atoms. The molecule has 1 aromatic rings. The molecule has 0 aliphatic carbocycles. The highest BCUT2D eigenvalue weighted by atomic mass is 35.5. The highest BCUT2D eigenvalue weighted by Gasteiger charge is 2.49. The minimum atomic E-state index is -4.91. The Kier molecular flexibility index (Phi) is 5.40. The van der Waals surface area contributed by atoms with E-state index in [0.29, 0.717) is 0 Å². The lowest BCUT2D eigenvalue weighted by atomic mass is 10.0. The Balaban J connectivity index is 2.36. The normalized spacial score (nSPS) is 17.0. The van der Waals surface area contributed by atoms with E-state index in [9.17, 15) is 23.2 Å². The van der Waals surface area contributed by atoms with Gasteiger partial charge in [-0.2, -0.15) is 13.2 Å². The Bertz CT molecular complexity index is 709. The molecule has 0 radical (unpaired) electrons. The van der Waals surface area contributed by atoms with Crippen LogP contribution in [0.3, 0.4) is 0 Å². The second kappa shape index (κ2) is 7.14. The topological polar surface area (TPSA) is 94.2 Å². The van der Waals surface area contributed by atoms with Gasteiger partial charge in [-0.1, -0.05) is 28.5 Å². The van der Waals surface area contributed by atoms with E-state index in [1.807, 2.05) is 0 Å². The summed E-state index contributed by atoms with van der Waals surface area (Å²) in [7, 11) is 0. The van der Waals surface area contributed by atoms with E-state index in [1.165, 1.54) is 12.1 Å². The number of nitrogens with one attached hydrogen (secondary N) is 1. The Morgan fingerprint density at radius 1 is 1.42 bits per heavy atom. The van der Waals surface area contributed by atoms with Gasteiger partial charge < -0.3 is 19.5 Å². The number of hydrogen-bond acceptors (Lipinski definition) is 6. The molecule has 1 atom stereocenters. The summed E-state index contributed by atoms with van der Waals surface area (Å²) in [6, 6.07) is 2.48. The van der Waals surface area contributed by atoms with Crippen LogP contribution in [-0.2, 0) is 14.4 Å². The Morgan fingerprint density at radius 3 is 2.75 bits per heavy atom. The lowest BCUT2D eigenvalue weighted by molar-refractivity contribution is -0.498. The number of alkyl halides is 3. The first-order chi connectivity index (χ1) is 11.2. The van der Waals surface area contributed by atoms with Gasteiger partial charge in [0.25, 0.3) is 6.79 Å². The van der Waals surface area contributed by atoms with E-state index in [1.54, 1.807) is 0 Å². The van der Waals surface area contributed by atoms with Crippen molar-refractivity contribution in [3.8, 4) is 5.75 Å². The first-order valence-electron chi connectivity index (χ1n) is 6.04. The van der Waals surface area contributed by atoms with Gasteiger partial charge in [-0.05, 0) is 18.2 Å². The average molecular weight is 387 g/mol. The van der Waals surface area contributed by atoms with Crippen LogP contribution in [0.2, 0.25) is 10.0 Å². The maximum absolute atomic E-state index is 13.2. The molecule has 1 aromatic carbocycles. The van der Waals surface area contributed by atoms with Gasteiger partial charge in [0.05, 0.1) is 10.6 Å². The van der Waals surface area contributed by atoms with Crippen molar-refractivity contribution in [1.29, 1.82) is 0 Å². The molecule has 0 saturated heterocycles. The fraction of sp³-hybridized carbons (Fsp3) is 0.250. The van der Waals surface area contributed by atoms with Crippen LogP contribution in [0.1, 0.15) is 5.56 Å². The second-order valence-electron chi connectivity index (χ2n) is 4.31. The minimum Gasteiger partial charge on any atom is -0.599 e. The van der Waals surface area contributed by atoms with Crippen LogP contribution < -0.4 is 10.0 Å². The number of ether oxygens (including phenoxy) is 2. The minimum absolute atomic E-state index is 0.0757. The molecule has 1 unspecified atom stereocenters. The molecule has 1 heterocycles. The lowest BCUT2D eigenvalue weighted by Gasteiger charge is -2.28. The molecule has 1 aliphatic rings. The zero-order chi connectivity index (χ0) is 17.9. The summed E-state index contributed by atoms with van der Waals surface area (Å²) < 4.78 is 48.7. The number of carbonyl (C=O) groups is 1. The van der Waals surface area contributed by atoms with Crippen LogP contribution in [-0.4, -0.2) is 25.0 Å². The van der Waals surface area contributed by atoms with Crippen LogP contribution in [0.25, 0.3) is 6.08 Å². The second-order valence-corrected chi connectivity index (χ2v) is 5.15. The summed E-state index contributed by atoms with van der Waals surface area (Å²) in [5, 5.41) is 13.4. The zero-order valence-corrected chi connectivity index (χ0v) is 12.9. The average Bonchev–Trinajstić information content (AvgIpc) is 2.49. The molecule has 0 fully saturated rings. The molecule has 0 amide bonds. The number of nitrogens with zero attached hydrogens (tertiary/aromatic N) is 1. The number of carbonyl (C=O) groups excluding carboxylic acids is 1. The van der Waals surface area contributed by atoms with Gasteiger partial charge in [-0.3, -0.25) is 0 Å². The van der Waals surface area contributed by atoms with Crippen LogP contribution in [0.15, 0.2) is 23.0 Å². The van der Waals surface area contributed by atoms with Crippen molar-refractivity contribution in [3.63, 3.8) is 0 Å². The fourth-order valence-corrected chi connectivity index (χ4v) is 2.42. The van der Waals surface area contributed by atoms with Gasteiger partial charge in [0.2, 0.25) is 11.4 Å². The van der Waals surface area contributed by atoms with Crippen molar-refractivity contribution >= 4 is 35.2 Å². The first-order valence-corrected chi connectivity index (χ1v) is 6.80. The summed E-state index contributed by atoms with van der Waals surface area (Å²) in [6.07, 6.45) is -6.60. The molecule has 0 aromatic heterocycles. The van der Waals surface area contributed by atoms with Gasteiger partial charge in [0, 0.05) is 10.6 Å². The number of esters is 1. The summed E-state index contributed by atoms with van der Waals surface area (Å²) in [4.78, 5) is 16.0. The van der Waals surface area contributed by atoms with E-state index in [0.717, 1.165) is 11.4 Å². The monoisotopic (exact) mass is 386 g/mol. The van der Waals surface area contributed by atoms with Gasteiger partial charge >= 0.3 is 12.1 Å². The summed E-state index contributed by atoms with van der Waals surface area (Å²) in [6.45, 7) is -0.876. The Morgan fingerprint density at radius 2 is 2.12 bits per heavy atom. The molecule has 1 N–H and O–H groups in total. The molecule has 2 rings (SSSR count). The molecule has 130 valence electrons. The summed E-state index contributed by atoms with van der Waals surface area (Å²) in [5.74, 6) is -1.64. The van der Waals surface area contributed by atoms with Crippen LogP contribution >= 0.6 is 23.2 Å². The predicted octanol–water partition coefficient (Wildman–Crippen LogP) is 2.16. The van der Waals surface area contributed by atoms with E-state index < -0.39 is 30.6 Å². The SMILES string of the molecule is O=C(OCO/N=[NH+]\[O-])C1=Cc2cc(Cl)cc(Cl)c2OC1C(F)(F)F. The maximum Gasteiger partial charge on any atom is 0.430 e. The van der Waals surface area contributed by atoms with Crippen molar-refractivity contribution in [1.82, 2.24) is 0 Å². The predicted molar refractivity (Wildman–Crippen MR) is 73.7 cm³/mol. The van der Waals surface area contributed by atoms with Crippen molar-refractivity contribution in [3.05, 3.63) is 38.5 Å². The third kappa shape index (κ3) is 4.01. The molecular weight excluding hydrogens is 380 g/mol. The van der Waals surface area contributed by atoms with Crippen molar-refractivity contribution in [2.24, 2.45) is 5.28 Å². The molecule has 12 heteroatoms. The van der Waals surface area contributed by atoms with E-state index >= 15 is 0 Å². The van der Waals surface area contributed by atoms with Crippen molar-refractivity contribution in [2.75, 3.05) is 6.79 Å². The first kappa shape index (κ1) is 18.1. The van der Waals surface area contributed by atoms with Crippen LogP contribution in [0.5, 0.6) is 5.75 Å². The Labute approximate surface area is 142 Å². The third-order valence-electron chi connectivity index (χ3n) is 2.74. The Hall–Kier alpha value is -2.20. The molecule has 0 spiro atoms. The van der Waals surface area contributed by atoms with Crippen LogP contribution in [0, 0.1) is 5.21 Å². The highest BCUT2D eigenvalue weighted by molar-refractivity contribution is 6.36. The third-order valence-corrected chi connectivity index (χ3v) is 3.24. The van der Waals surface area contributed by atoms with E-state index in [-0.39, 0.29) is 21.4 Å². The fourth-order valence-electron chi connectivity index (χ4n) is 1.86. The molecule has 1 aliphatic heterocycles. The van der Waals surface area contributed by atoms with Crippen molar-refractivity contribution in [2.45, 2.75) is 12.3 Å². The largest absolute Gasteiger partial charge is 0.599 e. The lowest BCUT2D eigenvalue weighted by Crippen LogP contribution is -2.56. The van der Waals surface area contributed by atoms with E-state index in [2.05, 4.69) is 14.9 Å². The van der Waals surface area contributed by atoms with Gasteiger partial charge in [0.15, 0.2) is 0 Å². The zero-order valence-electron chi connectivity index (χ0n) is 11.4. The number of fused-ring (bicyclic) bond motifs is 1. The number of benzene rings is 1. The molecule has 0 bridgehead atoms. The molecule has 0 saturated carbocycles. The van der Waals surface area contributed by atoms with Crippen LogP contribution in [0.4, 0.5) is 13.2 Å². The quantitative estimate of drug-likeness (QED) is 0.281. The van der Waals surface area contributed by atoms with Gasteiger partial charge in [-0.15, -0.1) is 0 Å². The summed E-state index contributed by atoms with van der Waals surface area (Å²) in [5.41, 5.74) is -0.765. The number of hydrogen-bond donors (Lipinski definition) is 1. The number of halogens is 5. The van der Waals surface area contributed by atoms with Gasteiger partial charge in [-0.25, -0.2) is 4.79 Å². The standard InChI is InChI=1S/C12H7Cl2F3N2O5/c13-6-1-5-2-7(11(20)22-4-23-19-18-21)10(12(15,16)17)24-9(5)8(14)3-6/h1-3,10,18H,4H2. The molecule has 7 nitrogen and oxygen atoms in total. The maximum atomic E-state index is 13.2. The van der Waals surface area contributed by atoms with Crippen molar-refractivity contribution < 1.29 is 37.6 Å². The highest BCUT2D eigenvalue weighted by Crippen LogP contribution is 2.42. The molecular formula is C12H7Cl2F3N2O5. The number of rotatable bonds is 4. The smallest absolute Gasteiger partial charge is 0.430 e. The summed E-state index contributed by atoms with van der Waals surface area (Å²) >= 11 is 11.6.